The van der Waals surface area contributed by atoms with E-state index in [2.05, 4.69) is 12.1 Å². The highest BCUT2D eigenvalue weighted by atomic mass is 16.4. The number of hydrogen-bond donors (Lipinski definition) is 1. The van der Waals surface area contributed by atoms with Gasteiger partial charge in [-0.2, -0.15) is 0 Å². The molecule has 2 aromatic carbocycles. The van der Waals surface area contributed by atoms with E-state index in [4.69, 9.17) is 0 Å². The predicted molar refractivity (Wildman–Crippen MR) is 91.3 cm³/mol. The molecule has 0 aromatic heterocycles. The molecule has 4 heteroatoms. The Morgan fingerprint density at radius 2 is 1.88 bits per heavy atom. The molecule has 0 fully saturated rings. The maximum absolute atomic E-state index is 12.8. The van der Waals surface area contributed by atoms with Crippen molar-refractivity contribution in [2.24, 2.45) is 0 Å². The van der Waals surface area contributed by atoms with Gasteiger partial charge in [0.25, 0.3) is 0 Å². The van der Waals surface area contributed by atoms with Gasteiger partial charge in [-0.3, -0.25) is 9.59 Å². The summed E-state index contributed by atoms with van der Waals surface area (Å²) in [4.78, 5) is 25.9. The average Bonchev–Trinajstić information content (AvgIpc) is 3.18. The van der Waals surface area contributed by atoms with Crippen molar-refractivity contribution in [2.45, 2.75) is 31.6 Å². The van der Waals surface area contributed by atoms with Crippen molar-refractivity contribution < 1.29 is 14.7 Å². The van der Waals surface area contributed by atoms with E-state index in [1.807, 2.05) is 24.3 Å². The fraction of sp³-hybridized carbons (Fsp3) is 0.300. The Bertz CT molecular complexity index is 827. The molecule has 1 unspecified atom stereocenters. The van der Waals surface area contributed by atoms with Crippen molar-refractivity contribution in [3.8, 4) is 0 Å². The minimum Gasteiger partial charge on any atom is -0.481 e. The number of carboxylic acid groups (broad SMARTS) is 1. The van der Waals surface area contributed by atoms with E-state index < -0.39 is 11.9 Å². The molecule has 0 saturated heterocycles. The first kappa shape index (κ1) is 14.9. The lowest BCUT2D eigenvalue weighted by Gasteiger charge is -2.18. The molecule has 2 aliphatic rings. The van der Waals surface area contributed by atoms with Crippen LogP contribution in [0.3, 0.4) is 0 Å². The molecule has 2 aromatic rings. The molecular formula is C20H19NO3. The SMILES string of the molecule is O=C(O)C1CN(C(=O)Cc2ccc3c(c2)CCC3)c2ccccc21. The third kappa shape index (κ3) is 2.48. The van der Waals surface area contributed by atoms with Gasteiger partial charge in [0, 0.05) is 12.2 Å². The lowest BCUT2D eigenvalue weighted by Crippen LogP contribution is -2.32. The number of benzene rings is 2. The van der Waals surface area contributed by atoms with Crippen LogP contribution in [0.15, 0.2) is 42.5 Å². The van der Waals surface area contributed by atoms with Gasteiger partial charge in [-0.15, -0.1) is 0 Å². The normalized spacial score (nSPS) is 18.3. The standard InChI is InChI=1S/C20H19NO3/c22-19(11-13-8-9-14-4-3-5-15(14)10-13)21-12-17(20(23)24)16-6-1-2-7-18(16)21/h1-2,6-10,17H,3-5,11-12H2,(H,23,24). The second kappa shape index (κ2) is 5.78. The first-order valence-electron chi connectivity index (χ1n) is 8.36. The molecule has 1 aliphatic carbocycles. The Morgan fingerprint density at radius 1 is 1.08 bits per heavy atom. The largest absolute Gasteiger partial charge is 0.481 e. The fourth-order valence-electron chi connectivity index (χ4n) is 3.86. The molecule has 0 spiro atoms. The van der Waals surface area contributed by atoms with E-state index in [1.54, 1.807) is 11.0 Å². The van der Waals surface area contributed by atoms with Crippen molar-refractivity contribution >= 4 is 17.6 Å². The van der Waals surface area contributed by atoms with Crippen LogP contribution >= 0.6 is 0 Å². The molecule has 24 heavy (non-hydrogen) atoms. The van der Waals surface area contributed by atoms with Crippen molar-refractivity contribution in [1.82, 2.24) is 0 Å². The molecule has 0 bridgehead atoms. The molecule has 1 atom stereocenters. The number of amides is 1. The van der Waals surface area contributed by atoms with Crippen LogP contribution in [0.4, 0.5) is 5.69 Å². The minimum atomic E-state index is -0.879. The second-order valence-electron chi connectivity index (χ2n) is 6.59. The van der Waals surface area contributed by atoms with E-state index in [-0.39, 0.29) is 12.5 Å². The molecule has 0 radical (unpaired) electrons. The number of aliphatic carboxylic acids is 1. The van der Waals surface area contributed by atoms with Crippen LogP contribution in [0.25, 0.3) is 0 Å². The lowest BCUT2D eigenvalue weighted by molar-refractivity contribution is -0.138. The van der Waals surface area contributed by atoms with Crippen LogP contribution in [0.2, 0.25) is 0 Å². The third-order valence-electron chi connectivity index (χ3n) is 5.09. The van der Waals surface area contributed by atoms with Gasteiger partial charge in [0.2, 0.25) is 5.91 Å². The molecule has 1 amide bonds. The van der Waals surface area contributed by atoms with Crippen LogP contribution < -0.4 is 4.90 Å². The zero-order valence-corrected chi connectivity index (χ0v) is 13.4. The summed E-state index contributed by atoms with van der Waals surface area (Å²) < 4.78 is 0. The third-order valence-corrected chi connectivity index (χ3v) is 5.09. The van der Waals surface area contributed by atoms with Crippen LogP contribution in [-0.4, -0.2) is 23.5 Å². The Hall–Kier alpha value is -2.62. The van der Waals surface area contributed by atoms with E-state index >= 15 is 0 Å². The summed E-state index contributed by atoms with van der Waals surface area (Å²) in [7, 11) is 0. The highest BCUT2D eigenvalue weighted by molar-refractivity contribution is 5.99. The van der Waals surface area contributed by atoms with Gasteiger partial charge in [0.15, 0.2) is 0 Å². The number of nitrogens with zero attached hydrogens (tertiary/aromatic N) is 1. The smallest absolute Gasteiger partial charge is 0.312 e. The van der Waals surface area contributed by atoms with E-state index in [9.17, 15) is 14.7 Å². The van der Waals surface area contributed by atoms with Gasteiger partial charge in [0.1, 0.15) is 5.92 Å². The second-order valence-corrected chi connectivity index (χ2v) is 6.59. The molecule has 122 valence electrons. The number of carbonyl (C=O) groups excluding carboxylic acids is 1. The molecule has 0 saturated carbocycles. The molecule has 1 heterocycles. The van der Waals surface area contributed by atoms with Gasteiger partial charge >= 0.3 is 5.97 Å². The van der Waals surface area contributed by atoms with Crippen molar-refractivity contribution in [1.29, 1.82) is 0 Å². The number of hydrogen-bond acceptors (Lipinski definition) is 2. The zero-order valence-electron chi connectivity index (χ0n) is 13.4. The number of para-hydroxylation sites is 1. The van der Waals surface area contributed by atoms with Gasteiger partial charge in [-0.1, -0.05) is 36.4 Å². The summed E-state index contributed by atoms with van der Waals surface area (Å²) in [5, 5.41) is 9.42. The lowest BCUT2D eigenvalue weighted by atomic mass is 10.0. The summed E-state index contributed by atoms with van der Waals surface area (Å²) in [5.74, 6) is -1.55. The minimum absolute atomic E-state index is 0.0378. The van der Waals surface area contributed by atoms with Crippen LogP contribution in [0.5, 0.6) is 0 Å². The zero-order chi connectivity index (χ0) is 16.7. The monoisotopic (exact) mass is 321 g/mol. The molecule has 4 rings (SSSR count). The fourth-order valence-corrected chi connectivity index (χ4v) is 3.86. The molecule has 4 nitrogen and oxygen atoms in total. The maximum Gasteiger partial charge on any atom is 0.312 e. The highest BCUT2D eigenvalue weighted by Crippen LogP contribution is 2.36. The summed E-state index contributed by atoms with van der Waals surface area (Å²) in [5.41, 5.74) is 5.22. The number of fused-ring (bicyclic) bond motifs is 2. The predicted octanol–water partition coefficient (Wildman–Crippen LogP) is 2.93. The first-order chi connectivity index (χ1) is 11.6. The summed E-state index contributed by atoms with van der Waals surface area (Å²) in [6, 6.07) is 13.6. The highest BCUT2D eigenvalue weighted by Gasteiger charge is 2.36. The number of carbonyl (C=O) groups is 2. The molecule has 1 aliphatic heterocycles. The van der Waals surface area contributed by atoms with Crippen molar-refractivity contribution in [2.75, 3.05) is 11.4 Å². The topological polar surface area (TPSA) is 57.6 Å². The van der Waals surface area contributed by atoms with Crippen molar-refractivity contribution in [3.05, 3.63) is 64.7 Å². The van der Waals surface area contributed by atoms with Crippen LogP contribution in [0.1, 0.15) is 34.6 Å². The summed E-state index contributed by atoms with van der Waals surface area (Å²) in [6.07, 6.45) is 3.72. The number of anilines is 1. The Labute approximate surface area is 140 Å². The number of carboxylic acids is 1. The molecule has 1 N–H and O–H groups in total. The van der Waals surface area contributed by atoms with Crippen LogP contribution in [0, 0.1) is 0 Å². The van der Waals surface area contributed by atoms with Crippen LogP contribution in [-0.2, 0) is 28.9 Å². The van der Waals surface area contributed by atoms with E-state index in [0.29, 0.717) is 6.42 Å². The number of rotatable bonds is 3. The van der Waals surface area contributed by atoms with Gasteiger partial charge in [-0.25, -0.2) is 0 Å². The Morgan fingerprint density at radius 3 is 2.71 bits per heavy atom. The Balaban J connectivity index is 1.58. The van der Waals surface area contributed by atoms with E-state index in [0.717, 1.165) is 29.7 Å². The maximum atomic E-state index is 12.8. The Kier molecular flexibility index (Phi) is 3.60. The summed E-state index contributed by atoms with van der Waals surface area (Å²) >= 11 is 0. The van der Waals surface area contributed by atoms with Gasteiger partial charge in [-0.05, 0) is 47.6 Å². The average molecular weight is 321 g/mol. The molecular weight excluding hydrogens is 302 g/mol. The van der Waals surface area contributed by atoms with E-state index in [1.165, 1.54) is 17.5 Å². The first-order valence-corrected chi connectivity index (χ1v) is 8.36. The summed E-state index contributed by atoms with van der Waals surface area (Å²) in [6.45, 7) is 0.221. The van der Waals surface area contributed by atoms with Gasteiger partial charge < -0.3 is 10.0 Å². The van der Waals surface area contributed by atoms with Gasteiger partial charge in [0.05, 0.1) is 6.42 Å². The van der Waals surface area contributed by atoms with Crippen molar-refractivity contribution in [3.63, 3.8) is 0 Å². The number of aryl methyl sites for hydroxylation is 2. The quantitative estimate of drug-likeness (QED) is 0.945.